The number of anilines is 1. The molecule has 0 aliphatic heterocycles. The molecule has 0 amide bonds. The highest BCUT2D eigenvalue weighted by Gasteiger charge is 2.13. The molecule has 0 saturated heterocycles. The van der Waals surface area contributed by atoms with Crippen molar-refractivity contribution < 1.29 is 9.53 Å². The number of methoxy groups -OCH3 is 1. The molecule has 1 aromatic heterocycles. The average molecular weight is 300 g/mol. The quantitative estimate of drug-likeness (QED) is 0.575. The molecule has 0 fully saturated rings. The van der Waals surface area contributed by atoms with Gasteiger partial charge in [0.1, 0.15) is 17.6 Å². The average Bonchev–Trinajstić information content (AvgIpc) is 2.53. The van der Waals surface area contributed by atoms with Crippen molar-refractivity contribution in [3.63, 3.8) is 0 Å². The van der Waals surface area contributed by atoms with Gasteiger partial charge in [0.25, 0.3) is 0 Å². The number of carbonyl (C=O) groups excluding carboxylic acids is 1. The number of carbonyl (C=O) groups is 1. The number of nitrogens with zero attached hydrogens (tertiary/aromatic N) is 2. The van der Waals surface area contributed by atoms with Crippen molar-refractivity contribution in [3.05, 3.63) is 29.5 Å². The highest BCUT2D eigenvalue weighted by atomic mass is 16.5. The fraction of sp³-hybridized carbons (Fsp3) is 0.444. The van der Waals surface area contributed by atoms with Gasteiger partial charge in [-0.05, 0) is 31.0 Å². The Labute approximate surface area is 132 Å². The number of hydrogen-bond acceptors (Lipinski definition) is 4. The van der Waals surface area contributed by atoms with Crippen LogP contribution < -0.4 is 9.64 Å². The summed E-state index contributed by atoms with van der Waals surface area (Å²) in [6, 6.07) is 5.74. The van der Waals surface area contributed by atoms with E-state index < -0.39 is 0 Å². The number of unbranched alkanes of at least 4 members (excludes halogenated alkanes) is 2. The highest BCUT2D eigenvalue weighted by Crippen LogP contribution is 2.33. The number of aromatic nitrogens is 1. The summed E-state index contributed by atoms with van der Waals surface area (Å²) >= 11 is 0. The van der Waals surface area contributed by atoms with Crippen LogP contribution in [0.25, 0.3) is 10.9 Å². The van der Waals surface area contributed by atoms with E-state index in [4.69, 9.17) is 9.72 Å². The van der Waals surface area contributed by atoms with Crippen LogP contribution in [0, 0.1) is 0 Å². The van der Waals surface area contributed by atoms with E-state index in [1.54, 1.807) is 13.2 Å². The van der Waals surface area contributed by atoms with E-state index >= 15 is 0 Å². The molecule has 118 valence electrons. The molecule has 0 bridgehead atoms. The standard InChI is InChI=1S/C18H24N2O2/c1-5-6-7-8-14-11-16(20(2)3)15-9-13(12-21)10-17(22-4)18(15)19-14/h9-12H,5-8H2,1-4H3. The van der Waals surface area contributed by atoms with Gasteiger partial charge in [-0.15, -0.1) is 0 Å². The molecule has 1 aromatic carbocycles. The zero-order valence-corrected chi connectivity index (χ0v) is 13.8. The Kier molecular flexibility index (Phi) is 5.36. The molecule has 22 heavy (non-hydrogen) atoms. The van der Waals surface area contributed by atoms with Crippen LogP contribution in [0.4, 0.5) is 5.69 Å². The number of aryl methyl sites for hydroxylation is 1. The summed E-state index contributed by atoms with van der Waals surface area (Å²) in [5.41, 5.74) is 3.57. The van der Waals surface area contributed by atoms with Gasteiger partial charge in [-0.1, -0.05) is 19.8 Å². The normalized spacial score (nSPS) is 10.7. The molecule has 2 aromatic rings. The van der Waals surface area contributed by atoms with Crippen molar-refractivity contribution in [1.82, 2.24) is 4.98 Å². The Bertz CT molecular complexity index is 666. The van der Waals surface area contributed by atoms with Gasteiger partial charge in [0.2, 0.25) is 0 Å². The molecule has 0 atom stereocenters. The molecular formula is C18H24N2O2. The Morgan fingerprint density at radius 1 is 1.23 bits per heavy atom. The minimum atomic E-state index is 0.605. The molecule has 0 aliphatic carbocycles. The van der Waals surface area contributed by atoms with E-state index in [9.17, 15) is 4.79 Å². The van der Waals surface area contributed by atoms with Crippen molar-refractivity contribution in [3.8, 4) is 5.75 Å². The number of aldehydes is 1. The minimum absolute atomic E-state index is 0.605. The molecule has 1 heterocycles. The van der Waals surface area contributed by atoms with E-state index in [0.29, 0.717) is 11.3 Å². The largest absolute Gasteiger partial charge is 0.494 e. The van der Waals surface area contributed by atoms with E-state index in [1.807, 2.05) is 20.2 Å². The molecule has 4 nitrogen and oxygen atoms in total. The summed E-state index contributed by atoms with van der Waals surface area (Å²) in [6.07, 6.45) is 5.34. The number of fused-ring (bicyclic) bond motifs is 1. The maximum atomic E-state index is 11.2. The Hall–Kier alpha value is -2.10. The Morgan fingerprint density at radius 2 is 2.00 bits per heavy atom. The second kappa shape index (κ2) is 7.25. The van der Waals surface area contributed by atoms with Crippen LogP contribution in [-0.2, 0) is 6.42 Å². The summed E-state index contributed by atoms with van der Waals surface area (Å²) in [6.45, 7) is 2.20. The lowest BCUT2D eigenvalue weighted by molar-refractivity contribution is 0.112. The predicted octanol–water partition coefficient (Wildman–Crippen LogP) is 3.85. The Morgan fingerprint density at radius 3 is 2.59 bits per heavy atom. The lowest BCUT2D eigenvalue weighted by atomic mass is 10.1. The molecule has 2 rings (SSSR count). The van der Waals surface area contributed by atoms with Crippen molar-refractivity contribution >= 4 is 22.9 Å². The fourth-order valence-electron chi connectivity index (χ4n) is 2.63. The summed E-state index contributed by atoms with van der Waals surface area (Å²) < 4.78 is 5.45. The molecule has 0 radical (unpaired) electrons. The smallest absolute Gasteiger partial charge is 0.150 e. The van der Waals surface area contributed by atoms with Crippen LogP contribution in [0.1, 0.15) is 42.2 Å². The van der Waals surface area contributed by atoms with Gasteiger partial charge < -0.3 is 9.64 Å². The van der Waals surface area contributed by atoms with Crippen LogP contribution >= 0.6 is 0 Å². The lowest BCUT2D eigenvalue weighted by Crippen LogP contribution is -2.11. The lowest BCUT2D eigenvalue weighted by Gasteiger charge is -2.18. The van der Waals surface area contributed by atoms with Gasteiger partial charge in [0.05, 0.1) is 7.11 Å². The summed E-state index contributed by atoms with van der Waals surface area (Å²) in [5.74, 6) is 0.653. The number of rotatable bonds is 7. The Balaban J connectivity index is 2.61. The van der Waals surface area contributed by atoms with Crippen LogP contribution in [0.3, 0.4) is 0 Å². The van der Waals surface area contributed by atoms with Gasteiger partial charge in [-0.2, -0.15) is 0 Å². The minimum Gasteiger partial charge on any atom is -0.494 e. The van der Waals surface area contributed by atoms with Crippen LogP contribution in [0.2, 0.25) is 0 Å². The first-order valence-electron chi connectivity index (χ1n) is 7.74. The summed E-state index contributed by atoms with van der Waals surface area (Å²) in [5, 5.41) is 0.950. The maximum absolute atomic E-state index is 11.2. The van der Waals surface area contributed by atoms with Crippen molar-refractivity contribution in [2.24, 2.45) is 0 Å². The third kappa shape index (κ3) is 3.38. The number of pyridine rings is 1. The maximum Gasteiger partial charge on any atom is 0.150 e. The predicted molar refractivity (Wildman–Crippen MR) is 91.2 cm³/mol. The second-order valence-corrected chi connectivity index (χ2v) is 5.72. The first kappa shape index (κ1) is 16.3. The van der Waals surface area contributed by atoms with Gasteiger partial charge in [0.15, 0.2) is 0 Å². The zero-order chi connectivity index (χ0) is 16.1. The van der Waals surface area contributed by atoms with Crippen molar-refractivity contribution in [1.29, 1.82) is 0 Å². The molecule has 0 N–H and O–H groups in total. The van der Waals surface area contributed by atoms with Gasteiger partial charge in [0, 0.05) is 36.4 Å². The molecule has 0 aliphatic rings. The molecule has 0 unspecified atom stereocenters. The summed E-state index contributed by atoms with van der Waals surface area (Å²) in [7, 11) is 5.62. The first-order chi connectivity index (χ1) is 10.6. The van der Waals surface area contributed by atoms with Crippen molar-refractivity contribution in [2.75, 3.05) is 26.1 Å². The summed E-state index contributed by atoms with van der Waals surface area (Å²) in [4.78, 5) is 18.0. The van der Waals surface area contributed by atoms with E-state index in [1.165, 1.54) is 12.8 Å². The van der Waals surface area contributed by atoms with Crippen LogP contribution in [-0.4, -0.2) is 32.5 Å². The third-order valence-electron chi connectivity index (χ3n) is 3.81. The van der Waals surface area contributed by atoms with Gasteiger partial charge >= 0.3 is 0 Å². The SMILES string of the molecule is CCCCCc1cc(N(C)C)c2cc(C=O)cc(OC)c2n1. The number of hydrogen-bond donors (Lipinski definition) is 0. The van der Waals surface area contributed by atoms with E-state index in [2.05, 4.69) is 17.9 Å². The van der Waals surface area contributed by atoms with Crippen LogP contribution in [0.15, 0.2) is 18.2 Å². The monoisotopic (exact) mass is 300 g/mol. The molecular weight excluding hydrogens is 276 g/mol. The zero-order valence-electron chi connectivity index (χ0n) is 13.8. The third-order valence-corrected chi connectivity index (χ3v) is 3.81. The number of benzene rings is 1. The van der Waals surface area contributed by atoms with Crippen LogP contribution in [0.5, 0.6) is 5.75 Å². The second-order valence-electron chi connectivity index (χ2n) is 5.72. The highest BCUT2D eigenvalue weighted by molar-refractivity contribution is 5.99. The topological polar surface area (TPSA) is 42.4 Å². The van der Waals surface area contributed by atoms with Crippen molar-refractivity contribution in [2.45, 2.75) is 32.6 Å². The molecule has 0 saturated carbocycles. The van der Waals surface area contributed by atoms with Gasteiger partial charge in [-0.3, -0.25) is 4.79 Å². The first-order valence-corrected chi connectivity index (χ1v) is 7.74. The van der Waals surface area contributed by atoms with E-state index in [-0.39, 0.29) is 0 Å². The number of ether oxygens (including phenoxy) is 1. The fourth-order valence-corrected chi connectivity index (χ4v) is 2.63. The molecule has 0 spiro atoms. The van der Waals surface area contributed by atoms with Gasteiger partial charge in [-0.25, -0.2) is 4.98 Å². The van der Waals surface area contributed by atoms with E-state index in [0.717, 1.165) is 41.4 Å². The molecule has 4 heteroatoms.